The lowest BCUT2D eigenvalue weighted by Crippen LogP contribution is -2.13. The van der Waals surface area contributed by atoms with Crippen LogP contribution in [0.25, 0.3) is 0 Å². The van der Waals surface area contributed by atoms with E-state index in [9.17, 15) is 4.79 Å². The number of nitrogens with two attached hydrogens (primary N) is 1. The molecule has 0 fully saturated rings. The monoisotopic (exact) mass is 304 g/mol. The number of methoxy groups -OCH3 is 2. The van der Waals surface area contributed by atoms with Crippen molar-refractivity contribution in [2.45, 2.75) is 13.1 Å². The first-order valence-corrected chi connectivity index (χ1v) is 7.33. The molecule has 0 spiro atoms. The quantitative estimate of drug-likeness (QED) is 0.883. The van der Waals surface area contributed by atoms with Gasteiger partial charge in [-0.3, -0.25) is 0 Å². The molecule has 0 aliphatic carbocycles. The van der Waals surface area contributed by atoms with E-state index in [2.05, 4.69) is 17.0 Å². The van der Waals surface area contributed by atoms with E-state index < -0.39 is 5.97 Å². The molecule has 1 aliphatic rings. The number of carbonyl (C=O) groups excluding carboxylic acids is 1. The van der Waals surface area contributed by atoms with Gasteiger partial charge in [0.25, 0.3) is 0 Å². The van der Waals surface area contributed by atoms with Gasteiger partial charge in [0.1, 0.15) is 15.6 Å². The summed E-state index contributed by atoms with van der Waals surface area (Å²) in [4.78, 5) is 14.3. The first kappa shape index (κ1) is 13.8. The Morgan fingerprint density at radius 2 is 1.86 bits per heavy atom. The molecule has 0 unspecified atom stereocenters. The molecule has 3 rings (SSSR count). The molecule has 0 saturated carbocycles. The van der Waals surface area contributed by atoms with Crippen LogP contribution in [-0.2, 0) is 17.8 Å². The summed E-state index contributed by atoms with van der Waals surface area (Å²) < 4.78 is 10.2. The second kappa shape index (κ2) is 5.29. The molecule has 21 heavy (non-hydrogen) atoms. The Balaban J connectivity index is 1.99. The van der Waals surface area contributed by atoms with Crippen LogP contribution in [0.15, 0.2) is 24.3 Å². The van der Waals surface area contributed by atoms with Gasteiger partial charge in [-0.1, -0.05) is 24.3 Å². The predicted octanol–water partition coefficient (Wildman–Crippen LogP) is 2.65. The molecule has 6 heteroatoms. The molecule has 2 N–H and O–H groups in total. The summed E-state index contributed by atoms with van der Waals surface area (Å²) in [5, 5.41) is 0.867. The molecule has 0 bridgehead atoms. The number of anilines is 2. The molecule has 1 aromatic heterocycles. The topological polar surface area (TPSA) is 64.8 Å². The fourth-order valence-corrected chi connectivity index (χ4v) is 3.65. The summed E-state index contributed by atoms with van der Waals surface area (Å²) in [7, 11) is 2.91. The van der Waals surface area contributed by atoms with Gasteiger partial charge in [-0.05, 0) is 11.1 Å². The Kier molecular flexibility index (Phi) is 3.47. The maximum Gasteiger partial charge on any atom is 0.350 e. The van der Waals surface area contributed by atoms with Crippen LogP contribution in [0.5, 0.6) is 5.75 Å². The zero-order valence-electron chi connectivity index (χ0n) is 11.9. The molecule has 0 amide bonds. The van der Waals surface area contributed by atoms with Crippen molar-refractivity contribution < 1.29 is 14.3 Å². The van der Waals surface area contributed by atoms with Crippen molar-refractivity contribution >= 4 is 28.0 Å². The molecule has 2 heterocycles. The van der Waals surface area contributed by atoms with Gasteiger partial charge in [-0.15, -0.1) is 11.3 Å². The third-order valence-electron chi connectivity index (χ3n) is 3.59. The van der Waals surface area contributed by atoms with Crippen LogP contribution >= 0.6 is 11.3 Å². The summed E-state index contributed by atoms with van der Waals surface area (Å²) in [6.45, 7) is 1.57. The van der Waals surface area contributed by atoms with Gasteiger partial charge in [0.15, 0.2) is 5.75 Å². The van der Waals surface area contributed by atoms with Gasteiger partial charge in [0.05, 0.1) is 14.2 Å². The average Bonchev–Trinajstić information content (AvgIpc) is 3.06. The number of esters is 1. The summed E-state index contributed by atoms with van der Waals surface area (Å²) >= 11 is 1.31. The van der Waals surface area contributed by atoms with Crippen LogP contribution in [-0.4, -0.2) is 20.2 Å². The van der Waals surface area contributed by atoms with Crippen molar-refractivity contribution in [1.29, 1.82) is 0 Å². The van der Waals surface area contributed by atoms with Crippen LogP contribution in [0.1, 0.15) is 20.8 Å². The SMILES string of the molecule is COC(=O)c1sc(N2Cc3ccccc3C2)c(OC)c1N. The molecule has 0 radical (unpaired) electrons. The highest BCUT2D eigenvalue weighted by molar-refractivity contribution is 7.19. The number of fused-ring (bicyclic) bond motifs is 1. The van der Waals surface area contributed by atoms with E-state index in [-0.39, 0.29) is 0 Å². The minimum atomic E-state index is -0.432. The molecule has 0 atom stereocenters. The number of benzene rings is 1. The van der Waals surface area contributed by atoms with Gasteiger partial charge < -0.3 is 20.1 Å². The highest BCUT2D eigenvalue weighted by atomic mass is 32.1. The summed E-state index contributed by atoms with van der Waals surface area (Å²) in [5.74, 6) is 0.118. The standard InChI is InChI=1S/C15H16N2O3S/c1-19-12-11(16)13(15(18)20-2)21-14(12)17-7-9-5-3-4-6-10(9)8-17/h3-6H,7-8,16H2,1-2H3. The normalized spacial score (nSPS) is 13.1. The average molecular weight is 304 g/mol. The second-order valence-corrected chi connectivity index (χ2v) is 5.80. The zero-order chi connectivity index (χ0) is 15.0. The summed E-state index contributed by atoms with van der Waals surface area (Å²) in [6, 6.07) is 8.28. The number of ether oxygens (including phenoxy) is 2. The van der Waals surface area contributed by atoms with E-state index >= 15 is 0 Å². The lowest BCUT2D eigenvalue weighted by Gasteiger charge is -2.16. The van der Waals surface area contributed by atoms with Crippen molar-refractivity contribution in [3.8, 4) is 5.75 Å². The number of rotatable bonds is 3. The molecule has 5 nitrogen and oxygen atoms in total. The van der Waals surface area contributed by atoms with Crippen molar-refractivity contribution in [1.82, 2.24) is 0 Å². The van der Waals surface area contributed by atoms with Crippen molar-refractivity contribution in [2.75, 3.05) is 24.9 Å². The minimum absolute atomic E-state index is 0.348. The lowest BCUT2D eigenvalue weighted by atomic mass is 10.1. The lowest BCUT2D eigenvalue weighted by molar-refractivity contribution is 0.0607. The Morgan fingerprint density at radius 3 is 2.38 bits per heavy atom. The molecule has 110 valence electrons. The van der Waals surface area contributed by atoms with Gasteiger partial charge >= 0.3 is 5.97 Å². The molecule has 2 aromatic rings. The van der Waals surface area contributed by atoms with Gasteiger partial charge in [0, 0.05) is 13.1 Å². The van der Waals surface area contributed by atoms with Gasteiger partial charge in [-0.2, -0.15) is 0 Å². The Bertz CT molecular complexity index is 671. The highest BCUT2D eigenvalue weighted by Gasteiger charge is 2.28. The van der Waals surface area contributed by atoms with Crippen molar-refractivity contribution in [3.05, 3.63) is 40.3 Å². The van der Waals surface area contributed by atoms with E-state index in [4.69, 9.17) is 15.2 Å². The molecule has 0 saturated heterocycles. The van der Waals surface area contributed by atoms with Crippen LogP contribution in [0.4, 0.5) is 10.7 Å². The number of nitrogens with zero attached hydrogens (tertiary/aromatic N) is 1. The maximum atomic E-state index is 11.8. The molecular weight excluding hydrogens is 288 g/mol. The highest BCUT2D eigenvalue weighted by Crippen LogP contribution is 2.47. The fraction of sp³-hybridized carbons (Fsp3) is 0.267. The van der Waals surface area contributed by atoms with E-state index in [1.54, 1.807) is 7.11 Å². The number of nitrogen functional groups attached to an aromatic ring is 1. The number of carbonyl (C=O) groups is 1. The van der Waals surface area contributed by atoms with Crippen molar-refractivity contribution in [2.24, 2.45) is 0 Å². The van der Waals surface area contributed by atoms with E-state index in [1.165, 1.54) is 29.6 Å². The Hall–Kier alpha value is -2.21. The molecule has 1 aromatic carbocycles. The number of thiophene rings is 1. The van der Waals surface area contributed by atoms with Gasteiger partial charge in [-0.25, -0.2) is 4.79 Å². The largest absolute Gasteiger partial charge is 0.492 e. The predicted molar refractivity (Wildman–Crippen MR) is 83.0 cm³/mol. The first-order valence-electron chi connectivity index (χ1n) is 6.52. The number of hydrogen-bond donors (Lipinski definition) is 1. The van der Waals surface area contributed by atoms with Crippen LogP contribution in [0, 0.1) is 0 Å². The van der Waals surface area contributed by atoms with E-state index in [0.717, 1.165) is 18.1 Å². The van der Waals surface area contributed by atoms with Crippen molar-refractivity contribution in [3.63, 3.8) is 0 Å². The van der Waals surface area contributed by atoms with Crippen LogP contribution in [0.3, 0.4) is 0 Å². The maximum absolute atomic E-state index is 11.8. The fourth-order valence-electron chi connectivity index (χ4n) is 2.54. The summed E-state index contributed by atoms with van der Waals surface area (Å²) in [5.41, 5.74) is 8.94. The third kappa shape index (κ3) is 2.21. The van der Waals surface area contributed by atoms with Gasteiger partial charge in [0.2, 0.25) is 0 Å². The first-order chi connectivity index (χ1) is 10.2. The Labute approximate surface area is 126 Å². The van der Waals surface area contributed by atoms with E-state index in [1.807, 2.05) is 12.1 Å². The molecule has 1 aliphatic heterocycles. The van der Waals surface area contributed by atoms with Crippen LogP contribution in [0.2, 0.25) is 0 Å². The summed E-state index contributed by atoms with van der Waals surface area (Å²) in [6.07, 6.45) is 0. The smallest absolute Gasteiger partial charge is 0.350 e. The molecular formula is C15H16N2O3S. The van der Waals surface area contributed by atoms with Crippen LogP contribution < -0.4 is 15.4 Å². The second-order valence-electron chi connectivity index (χ2n) is 4.80. The van der Waals surface area contributed by atoms with E-state index in [0.29, 0.717) is 16.3 Å². The zero-order valence-corrected chi connectivity index (χ0v) is 12.7. The minimum Gasteiger partial charge on any atom is -0.492 e. The Morgan fingerprint density at radius 1 is 1.24 bits per heavy atom. The number of hydrogen-bond acceptors (Lipinski definition) is 6. The third-order valence-corrected chi connectivity index (χ3v) is 4.81.